The molecule has 2 rings (SSSR count). The molecule has 1 N–H and O–H groups in total. The fraction of sp³-hybridized carbons (Fsp3) is 1.00. The van der Waals surface area contributed by atoms with Gasteiger partial charge in [0, 0.05) is 32.7 Å². The van der Waals surface area contributed by atoms with Crippen molar-refractivity contribution in [3.63, 3.8) is 0 Å². The molecule has 0 aromatic rings. The summed E-state index contributed by atoms with van der Waals surface area (Å²) in [6, 6.07) is 0. The van der Waals surface area contributed by atoms with Gasteiger partial charge >= 0.3 is 0 Å². The van der Waals surface area contributed by atoms with Crippen molar-refractivity contribution in [3.8, 4) is 0 Å². The summed E-state index contributed by atoms with van der Waals surface area (Å²) in [4.78, 5) is 5.31. The highest BCUT2D eigenvalue weighted by molar-refractivity contribution is 5.85. The summed E-state index contributed by atoms with van der Waals surface area (Å²) in [5, 5.41) is 3.46. The van der Waals surface area contributed by atoms with Crippen molar-refractivity contribution in [2.75, 3.05) is 52.4 Å². The van der Waals surface area contributed by atoms with Crippen molar-refractivity contribution in [2.45, 2.75) is 33.1 Å². The fourth-order valence-corrected chi connectivity index (χ4v) is 3.25. The predicted molar refractivity (Wildman–Crippen MR) is 92.4 cm³/mol. The smallest absolute Gasteiger partial charge is 0.0110 e. The molecule has 20 heavy (non-hydrogen) atoms. The van der Waals surface area contributed by atoms with Crippen molar-refractivity contribution in [2.24, 2.45) is 11.8 Å². The number of nitrogens with one attached hydrogen (secondary N) is 1. The van der Waals surface area contributed by atoms with Gasteiger partial charge in [-0.05, 0) is 50.7 Å². The van der Waals surface area contributed by atoms with Gasteiger partial charge < -0.3 is 15.1 Å². The molecule has 0 bridgehead atoms. The number of hydrogen-bond acceptors (Lipinski definition) is 3. The molecule has 2 aliphatic heterocycles. The quantitative estimate of drug-likeness (QED) is 0.837. The lowest BCUT2D eigenvalue weighted by atomic mass is 9.94. The summed E-state index contributed by atoms with van der Waals surface area (Å²) in [6.45, 7) is 14.9. The van der Waals surface area contributed by atoms with Gasteiger partial charge in [-0.2, -0.15) is 0 Å². The third-order valence-corrected chi connectivity index (χ3v) is 4.40. The highest BCUT2D eigenvalue weighted by Crippen LogP contribution is 2.17. The minimum atomic E-state index is 0. The standard InChI is InChI=1S/C15H31N3.2ClH/c1-14(2)13-18-11-9-17(10-12-18)8-5-15-3-6-16-7-4-15;;/h14-16H,3-13H2,1-2H3;2*1H. The lowest BCUT2D eigenvalue weighted by Crippen LogP contribution is -2.47. The molecule has 2 saturated heterocycles. The molecule has 3 nitrogen and oxygen atoms in total. The van der Waals surface area contributed by atoms with Gasteiger partial charge in [-0.25, -0.2) is 0 Å². The Balaban J connectivity index is 0.00000180. The van der Waals surface area contributed by atoms with Gasteiger partial charge in [0.15, 0.2) is 0 Å². The number of halogens is 2. The van der Waals surface area contributed by atoms with Crippen LogP contribution in [0.4, 0.5) is 0 Å². The van der Waals surface area contributed by atoms with Crippen molar-refractivity contribution in [3.05, 3.63) is 0 Å². The van der Waals surface area contributed by atoms with Crippen LogP contribution in [-0.4, -0.2) is 62.2 Å². The topological polar surface area (TPSA) is 18.5 Å². The summed E-state index contributed by atoms with van der Waals surface area (Å²) in [6.07, 6.45) is 4.21. The molecule has 5 heteroatoms. The molecule has 0 radical (unpaired) electrons. The largest absolute Gasteiger partial charge is 0.317 e. The molecule has 2 aliphatic rings. The van der Waals surface area contributed by atoms with Crippen LogP contribution >= 0.6 is 24.8 Å². The Hall–Kier alpha value is 0.460. The molecule has 2 fully saturated rings. The molecular formula is C15H33Cl2N3. The van der Waals surface area contributed by atoms with Gasteiger partial charge in [0.1, 0.15) is 0 Å². The van der Waals surface area contributed by atoms with Crippen LogP contribution in [0.3, 0.4) is 0 Å². The molecule has 0 unspecified atom stereocenters. The number of piperidine rings is 1. The normalized spacial score (nSPS) is 22.4. The first-order valence-electron chi connectivity index (χ1n) is 7.89. The number of nitrogens with zero attached hydrogens (tertiary/aromatic N) is 2. The Bertz CT molecular complexity index is 225. The van der Waals surface area contributed by atoms with E-state index in [0.29, 0.717) is 0 Å². The summed E-state index contributed by atoms with van der Waals surface area (Å²) in [5.41, 5.74) is 0. The number of hydrogen-bond donors (Lipinski definition) is 1. The highest BCUT2D eigenvalue weighted by Gasteiger charge is 2.19. The van der Waals surface area contributed by atoms with Crippen LogP contribution in [0, 0.1) is 11.8 Å². The van der Waals surface area contributed by atoms with Crippen LogP contribution in [-0.2, 0) is 0 Å². The van der Waals surface area contributed by atoms with Crippen LogP contribution in [0.1, 0.15) is 33.1 Å². The van der Waals surface area contributed by atoms with Crippen LogP contribution in [0.2, 0.25) is 0 Å². The van der Waals surface area contributed by atoms with E-state index in [-0.39, 0.29) is 24.8 Å². The van der Waals surface area contributed by atoms with Crippen molar-refractivity contribution < 1.29 is 0 Å². The molecule has 0 aromatic carbocycles. The second-order valence-corrected chi connectivity index (χ2v) is 6.52. The molecule has 0 spiro atoms. The van der Waals surface area contributed by atoms with Crippen LogP contribution in [0.15, 0.2) is 0 Å². The predicted octanol–water partition coefficient (Wildman–Crippen LogP) is 2.49. The summed E-state index contributed by atoms with van der Waals surface area (Å²) < 4.78 is 0. The fourth-order valence-electron chi connectivity index (χ4n) is 3.25. The first-order valence-corrected chi connectivity index (χ1v) is 7.89. The molecule has 0 atom stereocenters. The Morgan fingerprint density at radius 2 is 1.50 bits per heavy atom. The van der Waals surface area contributed by atoms with E-state index >= 15 is 0 Å². The van der Waals surface area contributed by atoms with E-state index in [0.717, 1.165) is 11.8 Å². The lowest BCUT2D eigenvalue weighted by molar-refractivity contribution is 0.115. The van der Waals surface area contributed by atoms with Gasteiger partial charge in [-0.15, -0.1) is 24.8 Å². The molecule has 0 amide bonds. The maximum atomic E-state index is 3.46. The zero-order valence-electron chi connectivity index (χ0n) is 13.1. The van der Waals surface area contributed by atoms with E-state index in [9.17, 15) is 0 Å². The monoisotopic (exact) mass is 325 g/mol. The lowest BCUT2D eigenvalue weighted by Gasteiger charge is -2.36. The van der Waals surface area contributed by atoms with Crippen molar-refractivity contribution >= 4 is 24.8 Å². The summed E-state index contributed by atoms with van der Waals surface area (Å²) in [5.74, 6) is 1.80. The van der Waals surface area contributed by atoms with E-state index in [2.05, 4.69) is 29.0 Å². The van der Waals surface area contributed by atoms with Gasteiger partial charge in [-0.1, -0.05) is 13.8 Å². The van der Waals surface area contributed by atoms with Gasteiger partial charge in [0.25, 0.3) is 0 Å². The van der Waals surface area contributed by atoms with Crippen LogP contribution in [0.5, 0.6) is 0 Å². The van der Waals surface area contributed by atoms with Crippen LogP contribution < -0.4 is 5.32 Å². The Morgan fingerprint density at radius 1 is 0.950 bits per heavy atom. The SMILES string of the molecule is CC(C)CN1CCN(CCC2CCNCC2)CC1.Cl.Cl. The Kier molecular flexibility index (Phi) is 11.3. The van der Waals surface area contributed by atoms with E-state index in [1.165, 1.54) is 71.6 Å². The third-order valence-electron chi connectivity index (χ3n) is 4.40. The molecule has 0 saturated carbocycles. The second kappa shape index (κ2) is 11.1. The summed E-state index contributed by atoms with van der Waals surface area (Å²) in [7, 11) is 0. The molecule has 2 heterocycles. The first-order chi connectivity index (χ1) is 8.74. The number of piperazine rings is 1. The molecular weight excluding hydrogens is 293 g/mol. The van der Waals surface area contributed by atoms with Gasteiger partial charge in [-0.3, -0.25) is 0 Å². The van der Waals surface area contributed by atoms with E-state index in [4.69, 9.17) is 0 Å². The highest BCUT2D eigenvalue weighted by atomic mass is 35.5. The van der Waals surface area contributed by atoms with E-state index in [1.807, 2.05) is 0 Å². The van der Waals surface area contributed by atoms with E-state index < -0.39 is 0 Å². The third kappa shape index (κ3) is 7.46. The maximum Gasteiger partial charge on any atom is 0.0110 e. The molecule has 122 valence electrons. The Morgan fingerprint density at radius 3 is 2.05 bits per heavy atom. The maximum absolute atomic E-state index is 3.46. The second-order valence-electron chi connectivity index (χ2n) is 6.52. The minimum Gasteiger partial charge on any atom is -0.317 e. The average Bonchev–Trinajstić information content (AvgIpc) is 2.38. The van der Waals surface area contributed by atoms with E-state index in [1.54, 1.807) is 0 Å². The van der Waals surface area contributed by atoms with Gasteiger partial charge in [0.05, 0.1) is 0 Å². The Labute approximate surface area is 137 Å². The molecule has 0 aromatic heterocycles. The first kappa shape index (κ1) is 20.5. The van der Waals surface area contributed by atoms with Crippen LogP contribution in [0.25, 0.3) is 0 Å². The molecule has 0 aliphatic carbocycles. The number of rotatable bonds is 5. The zero-order valence-corrected chi connectivity index (χ0v) is 14.8. The average molecular weight is 326 g/mol. The van der Waals surface area contributed by atoms with Gasteiger partial charge in [0.2, 0.25) is 0 Å². The zero-order chi connectivity index (χ0) is 12.8. The summed E-state index contributed by atoms with van der Waals surface area (Å²) >= 11 is 0. The minimum absolute atomic E-state index is 0. The van der Waals surface area contributed by atoms with Crippen molar-refractivity contribution in [1.29, 1.82) is 0 Å². The van der Waals surface area contributed by atoms with Crippen molar-refractivity contribution in [1.82, 2.24) is 15.1 Å².